The van der Waals surface area contributed by atoms with Gasteiger partial charge in [-0.3, -0.25) is 0 Å². The Morgan fingerprint density at radius 1 is 1.40 bits per heavy atom. The standard InChI is InChI=1S/C15H24N2O3/c1-10(2)13(7-8-18)17-15(19)16-12-5-6-14(20-4)11(3)9-12/h5-6,9-10,13,18H,7-8H2,1-4H3,(H2,16,17,19). The SMILES string of the molecule is COc1ccc(NC(=O)NC(CCO)C(C)C)cc1C. The molecule has 0 heterocycles. The summed E-state index contributed by atoms with van der Waals surface area (Å²) in [5.74, 6) is 1.06. The quantitative estimate of drug-likeness (QED) is 0.750. The van der Waals surface area contributed by atoms with Crippen molar-refractivity contribution >= 4 is 11.7 Å². The molecule has 1 unspecified atom stereocenters. The fourth-order valence-corrected chi connectivity index (χ4v) is 2.00. The number of rotatable bonds is 6. The summed E-state index contributed by atoms with van der Waals surface area (Å²) in [4.78, 5) is 11.9. The van der Waals surface area contributed by atoms with Gasteiger partial charge in [-0.25, -0.2) is 4.79 Å². The third-order valence-electron chi connectivity index (χ3n) is 3.21. The van der Waals surface area contributed by atoms with Crippen molar-refractivity contribution in [2.24, 2.45) is 5.92 Å². The highest BCUT2D eigenvalue weighted by Gasteiger charge is 2.15. The van der Waals surface area contributed by atoms with Gasteiger partial charge in [-0.1, -0.05) is 13.8 Å². The van der Waals surface area contributed by atoms with Crippen LogP contribution in [-0.4, -0.2) is 30.9 Å². The predicted molar refractivity (Wildman–Crippen MR) is 80.2 cm³/mol. The summed E-state index contributed by atoms with van der Waals surface area (Å²) in [7, 11) is 1.62. The van der Waals surface area contributed by atoms with Crippen LogP contribution in [0.1, 0.15) is 25.8 Å². The van der Waals surface area contributed by atoms with Crippen LogP contribution in [-0.2, 0) is 0 Å². The molecular formula is C15H24N2O3. The second kappa shape index (κ2) is 7.75. The lowest BCUT2D eigenvalue weighted by atomic mass is 10.0. The zero-order valence-corrected chi connectivity index (χ0v) is 12.6. The number of carbonyl (C=O) groups is 1. The number of hydrogen-bond acceptors (Lipinski definition) is 3. The molecule has 0 saturated carbocycles. The van der Waals surface area contributed by atoms with E-state index in [0.717, 1.165) is 11.3 Å². The number of methoxy groups -OCH3 is 1. The first-order chi connectivity index (χ1) is 9.47. The number of hydrogen-bond donors (Lipinski definition) is 3. The molecule has 1 rings (SSSR count). The fraction of sp³-hybridized carbons (Fsp3) is 0.533. The highest BCUT2D eigenvalue weighted by Crippen LogP contribution is 2.21. The number of nitrogens with one attached hydrogen (secondary N) is 2. The minimum atomic E-state index is -0.262. The van der Waals surface area contributed by atoms with Crippen LogP contribution >= 0.6 is 0 Å². The van der Waals surface area contributed by atoms with Gasteiger partial charge in [0.05, 0.1) is 7.11 Å². The number of anilines is 1. The molecule has 5 nitrogen and oxygen atoms in total. The Morgan fingerprint density at radius 2 is 2.10 bits per heavy atom. The highest BCUT2D eigenvalue weighted by atomic mass is 16.5. The maximum atomic E-state index is 11.9. The Balaban J connectivity index is 2.63. The molecule has 0 aliphatic heterocycles. The number of ether oxygens (including phenoxy) is 1. The van der Waals surface area contributed by atoms with E-state index < -0.39 is 0 Å². The number of benzene rings is 1. The zero-order chi connectivity index (χ0) is 15.1. The molecule has 0 spiro atoms. The largest absolute Gasteiger partial charge is 0.496 e. The molecule has 0 fully saturated rings. The molecule has 0 aromatic heterocycles. The van der Waals surface area contributed by atoms with Gasteiger partial charge in [0.2, 0.25) is 0 Å². The zero-order valence-electron chi connectivity index (χ0n) is 12.6. The summed E-state index contributed by atoms with van der Waals surface area (Å²) in [6, 6.07) is 5.16. The topological polar surface area (TPSA) is 70.6 Å². The van der Waals surface area contributed by atoms with E-state index in [2.05, 4.69) is 10.6 Å². The molecule has 5 heteroatoms. The Kier molecular flexibility index (Phi) is 6.31. The maximum absolute atomic E-state index is 11.9. The van der Waals surface area contributed by atoms with E-state index in [4.69, 9.17) is 9.84 Å². The highest BCUT2D eigenvalue weighted by molar-refractivity contribution is 5.89. The van der Waals surface area contributed by atoms with E-state index in [1.54, 1.807) is 13.2 Å². The van der Waals surface area contributed by atoms with E-state index in [1.807, 2.05) is 32.9 Å². The van der Waals surface area contributed by atoms with Gasteiger partial charge in [0, 0.05) is 18.3 Å². The van der Waals surface area contributed by atoms with Gasteiger partial charge in [0.1, 0.15) is 5.75 Å². The van der Waals surface area contributed by atoms with Crippen LogP contribution in [0.3, 0.4) is 0 Å². The van der Waals surface area contributed by atoms with Crippen molar-refractivity contribution < 1.29 is 14.6 Å². The van der Waals surface area contributed by atoms with Gasteiger partial charge in [-0.05, 0) is 43.0 Å². The third-order valence-corrected chi connectivity index (χ3v) is 3.21. The first-order valence-electron chi connectivity index (χ1n) is 6.81. The maximum Gasteiger partial charge on any atom is 0.319 e. The molecular weight excluding hydrogens is 256 g/mol. The van der Waals surface area contributed by atoms with E-state index >= 15 is 0 Å². The minimum absolute atomic E-state index is 0.0423. The number of amides is 2. The Morgan fingerprint density at radius 3 is 2.60 bits per heavy atom. The number of urea groups is 1. The first-order valence-corrected chi connectivity index (χ1v) is 6.81. The van der Waals surface area contributed by atoms with Crippen molar-refractivity contribution in [1.82, 2.24) is 5.32 Å². The van der Waals surface area contributed by atoms with Crippen molar-refractivity contribution in [2.75, 3.05) is 19.0 Å². The monoisotopic (exact) mass is 280 g/mol. The summed E-state index contributed by atoms with van der Waals surface area (Å²) in [5, 5.41) is 14.7. The lowest BCUT2D eigenvalue weighted by molar-refractivity contribution is 0.227. The van der Waals surface area contributed by atoms with Gasteiger partial charge in [0.15, 0.2) is 0 Å². The Bertz CT molecular complexity index is 447. The Labute approximate surface area is 120 Å². The van der Waals surface area contributed by atoms with E-state index in [1.165, 1.54) is 0 Å². The second-order valence-corrected chi connectivity index (χ2v) is 5.15. The number of aliphatic hydroxyl groups excluding tert-OH is 1. The normalized spacial score (nSPS) is 12.1. The fourth-order valence-electron chi connectivity index (χ4n) is 2.00. The molecule has 0 aliphatic rings. The van der Waals surface area contributed by atoms with Crippen LogP contribution in [0.25, 0.3) is 0 Å². The lowest BCUT2D eigenvalue weighted by Gasteiger charge is -2.21. The molecule has 1 atom stereocenters. The summed E-state index contributed by atoms with van der Waals surface area (Å²) in [6.45, 7) is 6.01. The Hall–Kier alpha value is -1.75. The third kappa shape index (κ3) is 4.74. The molecule has 3 N–H and O–H groups in total. The molecule has 0 saturated heterocycles. The predicted octanol–water partition coefficient (Wildman–Crippen LogP) is 2.53. The van der Waals surface area contributed by atoms with Crippen LogP contribution in [0.5, 0.6) is 5.75 Å². The van der Waals surface area contributed by atoms with Crippen LogP contribution in [0.2, 0.25) is 0 Å². The summed E-state index contributed by atoms with van der Waals surface area (Å²) >= 11 is 0. The molecule has 20 heavy (non-hydrogen) atoms. The van der Waals surface area contributed by atoms with Gasteiger partial charge >= 0.3 is 6.03 Å². The minimum Gasteiger partial charge on any atom is -0.496 e. The molecule has 1 aromatic carbocycles. The average Bonchev–Trinajstić information content (AvgIpc) is 2.38. The van der Waals surface area contributed by atoms with Gasteiger partial charge in [-0.15, -0.1) is 0 Å². The van der Waals surface area contributed by atoms with E-state index in [0.29, 0.717) is 12.1 Å². The summed E-state index contributed by atoms with van der Waals surface area (Å²) in [5.41, 5.74) is 1.67. The van der Waals surface area contributed by atoms with Crippen molar-refractivity contribution in [1.29, 1.82) is 0 Å². The van der Waals surface area contributed by atoms with Gasteiger partial charge < -0.3 is 20.5 Å². The lowest BCUT2D eigenvalue weighted by Crippen LogP contribution is -2.41. The molecule has 1 aromatic rings. The van der Waals surface area contributed by atoms with Crippen molar-refractivity contribution in [2.45, 2.75) is 33.2 Å². The summed E-state index contributed by atoms with van der Waals surface area (Å²) in [6.07, 6.45) is 0.548. The average molecular weight is 280 g/mol. The number of aryl methyl sites for hydroxylation is 1. The number of carbonyl (C=O) groups excluding carboxylic acids is 1. The first kappa shape index (κ1) is 16.3. The smallest absolute Gasteiger partial charge is 0.319 e. The van der Waals surface area contributed by atoms with Gasteiger partial charge in [0.25, 0.3) is 0 Å². The van der Waals surface area contributed by atoms with Crippen LogP contribution in [0, 0.1) is 12.8 Å². The van der Waals surface area contributed by atoms with E-state index in [-0.39, 0.29) is 24.6 Å². The number of aliphatic hydroxyl groups is 1. The van der Waals surface area contributed by atoms with E-state index in [9.17, 15) is 4.79 Å². The molecule has 0 aliphatic carbocycles. The molecule has 0 bridgehead atoms. The molecule has 112 valence electrons. The molecule has 0 radical (unpaired) electrons. The van der Waals surface area contributed by atoms with Crippen LogP contribution in [0.4, 0.5) is 10.5 Å². The van der Waals surface area contributed by atoms with Crippen molar-refractivity contribution in [3.05, 3.63) is 23.8 Å². The van der Waals surface area contributed by atoms with Crippen molar-refractivity contribution in [3.8, 4) is 5.75 Å². The second-order valence-electron chi connectivity index (χ2n) is 5.15. The summed E-state index contributed by atoms with van der Waals surface area (Å²) < 4.78 is 5.18. The molecule has 2 amide bonds. The van der Waals surface area contributed by atoms with Gasteiger partial charge in [-0.2, -0.15) is 0 Å². The van der Waals surface area contributed by atoms with Crippen LogP contribution in [0.15, 0.2) is 18.2 Å². The van der Waals surface area contributed by atoms with Crippen molar-refractivity contribution in [3.63, 3.8) is 0 Å². The van der Waals surface area contributed by atoms with Crippen LogP contribution < -0.4 is 15.4 Å².